The Morgan fingerprint density at radius 3 is 1.92 bits per heavy atom. The predicted octanol–water partition coefficient (Wildman–Crippen LogP) is 3.20. The molecule has 0 aliphatic carbocycles. The lowest BCUT2D eigenvalue weighted by Gasteiger charge is -2.26. The second-order valence-corrected chi connectivity index (χ2v) is 4.46. The van der Waals surface area contributed by atoms with Gasteiger partial charge in [-0.2, -0.15) is 0 Å². The van der Waals surface area contributed by atoms with Crippen LogP contribution in [0.25, 0.3) is 0 Å². The Bertz CT molecular complexity index is 193. The Kier molecular flexibility index (Phi) is 3.69. The summed E-state index contributed by atoms with van der Waals surface area (Å²) in [4.78, 5) is 11.6. The van der Waals surface area contributed by atoms with Crippen LogP contribution in [-0.4, -0.2) is 5.78 Å². The summed E-state index contributed by atoms with van der Waals surface area (Å²) in [5.41, 5.74) is 0.853. The molecule has 0 aromatic carbocycles. The molecule has 0 spiro atoms. The van der Waals surface area contributed by atoms with E-state index in [0.717, 1.165) is 5.57 Å². The van der Waals surface area contributed by atoms with Gasteiger partial charge in [-0.1, -0.05) is 33.3 Å². The van der Waals surface area contributed by atoms with Crippen molar-refractivity contribution in [3.63, 3.8) is 0 Å². The van der Waals surface area contributed by atoms with E-state index >= 15 is 0 Å². The largest absolute Gasteiger partial charge is 0.294 e. The van der Waals surface area contributed by atoms with Crippen molar-refractivity contribution in [1.82, 2.24) is 0 Å². The molecule has 0 aromatic heterocycles. The fraction of sp³-hybridized carbons (Fsp3) is 0.727. The van der Waals surface area contributed by atoms with Gasteiger partial charge in [0.15, 0.2) is 5.78 Å². The summed E-state index contributed by atoms with van der Waals surface area (Å²) in [5, 5.41) is 0. The topological polar surface area (TPSA) is 17.1 Å². The lowest BCUT2D eigenvalue weighted by Crippen LogP contribution is -2.28. The van der Waals surface area contributed by atoms with Crippen LogP contribution in [0.4, 0.5) is 0 Å². The first-order chi connectivity index (χ1) is 5.28. The molecule has 0 N–H and O–H groups in total. The summed E-state index contributed by atoms with van der Waals surface area (Å²) in [6.07, 6.45) is 1.74. The smallest absolute Gasteiger partial charge is 0.161 e. The normalized spacial score (nSPS) is 11.6. The van der Waals surface area contributed by atoms with Crippen LogP contribution in [0.1, 0.15) is 41.5 Å². The molecule has 0 aliphatic heterocycles. The third-order valence-corrected chi connectivity index (χ3v) is 2.50. The highest BCUT2D eigenvalue weighted by Gasteiger charge is 2.28. The van der Waals surface area contributed by atoms with E-state index in [4.69, 9.17) is 0 Å². The van der Waals surface area contributed by atoms with Gasteiger partial charge in [-0.25, -0.2) is 0 Å². The van der Waals surface area contributed by atoms with E-state index < -0.39 is 0 Å². The molecule has 0 amide bonds. The Labute approximate surface area is 75.9 Å². The van der Waals surface area contributed by atoms with Gasteiger partial charge in [0, 0.05) is 5.41 Å². The molecule has 0 bridgehead atoms. The average Bonchev–Trinajstić information content (AvgIpc) is 1.85. The highest BCUT2D eigenvalue weighted by atomic mass is 16.1. The second kappa shape index (κ2) is 3.88. The average molecular weight is 168 g/mol. The number of ketones is 1. The van der Waals surface area contributed by atoms with E-state index in [0.29, 0.717) is 5.92 Å². The minimum absolute atomic E-state index is 0.225. The number of carbonyl (C=O) groups is 1. The fourth-order valence-corrected chi connectivity index (χ4v) is 0.733. The van der Waals surface area contributed by atoms with Crippen LogP contribution in [-0.2, 0) is 4.79 Å². The molecule has 70 valence electrons. The van der Waals surface area contributed by atoms with Gasteiger partial charge < -0.3 is 0 Å². The molecular weight excluding hydrogens is 148 g/mol. The van der Waals surface area contributed by atoms with E-state index in [-0.39, 0.29) is 11.2 Å². The van der Waals surface area contributed by atoms with Gasteiger partial charge in [0.1, 0.15) is 0 Å². The SMILES string of the molecule is CC(C)=CC(=O)C(C)(C)C(C)C. The maximum absolute atomic E-state index is 11.6. The molecule has 0 unspecified atom stereocenters. The zero-order valence-corrected chi connectivity index (χ0v) is 9.06. The van der Waals surface area contributed by atoms with E-state index in [1.807, 2.05) is 27.7 Å². The Morgan fingerprint density at radius 2 is 1.67 bits per heavy atom. The van der Waals surface area contributed by atoms with Gasteiger partial charge in [-0.15, -0.1) is 0 Å². The summed E-state index contributed by atoms with van der Waals surface area (Å²) < 4.78 is 0. The Balaban J connectivity index is 4.59. The molecule has 0 aliphatic rings. The quantitative estimate of drug-likeness (QED) is 0.591. The molecule has 0 saturated heterocycles. The zero-order chi connectivity index (χ0) is 9.94. The van der Waals surface area contributed by atoms with Gasteiger partial charge in [0.25, 0.3) is 0 Å². The van der Waals surface area contributed by atoms with Crippen molar-refractivity contribution in [3.8, 4) is 0 Å². The van der Waals surface area contributed by atoms with Gasteiger partial charge in [0.05, 0.1) is 0 Å². The predicted molar refractivity (Wildman–Crippen MR) is 53.1 cm³/mol. The van der Waals surface area contributed by atoms with Crippen molar-refractivity contribution in [1.29, 1.82) is 0 Å². The number of hydrogen-bond acceptors (Lipinski definition) is 1. The van der Waals surface area contributed by atoms with Crippen molar-refractivity contribution < 1.29 is 4.79 Å². The molecule has 0 rings (SSSR count). The van der Waals surface area contributed by atoms with Gasteiger partial charge in [-0.3, -0.25) is 4.79 Å². The third kappa shape index (κ3) is 2.80. The van der Waals surface area contributed by atoms with E-state index in [2.05, 4.69) is 13.8 Å². The van der Waals surface area contributed by atoms with Crippen LogP contribution in [0, 0.1) is 11.3 Å². The molecule has 0 fully saturated rings. The van der Waals surface area contributed by atoms with Crippen LogP contribution in [0.5, 0.6) is 0 Å². The molecule has 0 saturated carbocycles. The molecule has 12 heavy (non-hydrogen) atoms. The van der Waals surface area contributed by atoms with Crippen molar-refractivity contribution in [2.45, 2.75) is 41.5 Å². The van der Waals surface area contributed by atoms with E-state index in [9.17, 15) is 4.79 Å². The first-order valence-electron chi connectivity index (χ1n) is 4.47. The first-order valence-corrected chi connectivity index (χ1v) is 4.47. The minimum Gasteiger partial charge on any atom is -0.294 e. The summed E-state index contributed by atoms with van der Waals surface area (Å²) in [5.74, 6) is 0.623. The fourth-order valence-electron chi connectivity index (χ4n) is 0.733. The number of rotatable bonds is 3. The lowest BCUT2D eigenvalue weighted by molar-refractivity contribution is -0.124. The molecule has 0 radical (unpaired) electrons. The van der Waals surface area contributed by atoms with Gasteiger partial charge in [-0.05, 0) is 25.8 Å². The summed E-state index contributed by atoms with van der Waals surface area (Å²) in [7, 11) is 0. The number of hydrogen-bond donors (Lipinski definition) is 0. The lowest BCUT2D eigenvalue weighted by atomic mass is 9.77. The van der Waals surface area contributed by atoms with Crippen LogP contribution < -0.4 is 0 Å². The summed E-state index contributed by atoms with van der Waals surface area (Å²) >= 11 is 0. The molecule has 1 nitrogen and oxygen atoms in total. The summed E-state index contributed by atoms with van der Waals surface area (Å²) in [6.45, 7) is 12.1. The minimum atomic E-state index is -0.225. The third-order valence-electron chi connectivity index (χ3n) is 2.50. The number of allylic oxidation sites excluding steroid dienone is 2. The van der Waals surface area contributed by atoms with Gasteiger partial charge in [0.2, 0.25) is 0 Å². The Hall–Kier alpha value is -0.590. The molecule has 0 atom stereocenters. The van der Waals surface area contributed by atoms with E-state index in [1.54, 1.807) is 6.08 Å². The maximum atomic E-state index is 11.6. The summed E-state index contributed by atoms with van der Waals surface area (Å²) in [6, 6.07) is 0. The molecule has 0 heterocycles. The second-order valence-electron chi connectivity index (χ2n) is 4.46. The Morgan fingerprint density at radius 1 is 1.25 bits per heavy atom. The maximum Gasteiger partial charge on any atom is 0.161 e. The molecule has 1 heteroatoms. The van der Waals surface area contributed by atoms with Crippen LogP contribution >= 0.6 is 0 Å². The first kappa shape index (κ1) is 11.4. The van der Waals surface area contributed by atoms with Crippen LogP contribution in [0.15, 0.2) is 11.6 Å². The standard InChI is InChI=1S/C11H20O/c1-8(2)7-10(12)11(5,6)9(3)4/h7,9H,1-6H3. The zero-order valence-electron chi connectivity index (χ0n) is 9.06. The molecule has 0 aromatic rings. The monoisotopic (exact) mass is 168 g/mol. The number of carbonyl (C=O) groups excluding carboxylic acids is 1. The van der Waals surface area contributed by atoms with E-state index in [1.165, 1.54) is 0 Å². The highest BCUT2D eigenvalue weighted by Crippen LogP contribution is 2.27. The van der Waals surface area contributed by atoms with Gasteiger partial charge >= 0.3 is 0 Å². The van der Waals surface area contributed by atoms with Crippen LogP contribution in [0.3, 0.4) is 0 Å². The van der Waals surface area contributed by atoms with Crippen LogP contribution in [0.2, 0.25) is 0 Å². The highest BCUT2D eigenvalue weighted by molar-refractivity contribution is 5.94. The van der Waals surface area contributed by atoms with Crippen molar-refractivity contribution >= 4 is 5.78 Å². The van der Waals surface area contributed by atoms with Crippen molar-refractivity contribution in [2.24, 2.45) is 11.3 Å². The van der Waals surface area contributed by atoms with Crippen molar-refractivity contribution in [2.75, 3.05) is 0 Å². The molecular formula is C11H20O. The van der Waals surface area contributed by atoms with Crippen molar-refractivity contribution in [3.05, 3.63) is 11.6 Å².